The Bertz CT molecular complexity index is 999. The number of nitrogens with zero attached hydrogens (tertiary/aromatic N) is 5. The highest BCUT2D eigenvalue weighted by molar-refractivity contribution is 5.87. The Hall–Kier alpha value is -3.13. The number of hydrogen-bond acceptors (Lipinski definition) is 6. The van der Waals surface area contributed by atoms with Crippen LogP contribution in [0.25, 0.3) is 11.0 Å². The molecule has 168 valence electrons. The first-order chi connectivity index (χ1) is 15.1. The van der Waals surface area contributed by atoms with Gasteiger partial charge < -0.3 is 25.0 Å². The number of anilines is 2. The minimum Gasteiger partial charge on any atom is -0.376 e. The van der Waals surface area contributed by atoms with E-state index in [1.807, 2.05) is 56.7 Å². The van der Waals surface area contributed by atoms with Gasteiger partial charge in [-0.3, -0.25) is 4.79 Å². The molecule has 2 N–H and O–H groups in total. The van der Waals surface area contributed by atoms with E-state index >= 15 is 0 Å². The topological polar surface area (TPSA) is 80.4 Å². The van der Waals surface area contributed by atoms with E-state index in [1.165, 1.54) is 0 Å². The fourth-order valence-electron chi connectivity index (χ4n) is 4.17. The van der Waals surface area contributed by atoms with Crippen LogP contribution in [0.4, 0.5) is 11.5 Å². The summed E-state index contributed by atoms with van der Waals surface area (Å²) in [6.45, 7) is 3.56. The predicted molar refractivity (Wildman–Crippen MR) is 129 cm³/mol. The van der Waals surface area contributed by atoms with Crippen LogP contribution >= 0.6 is 0 Å². The predicted octanol–water partition coefficient (Wildman–Crippen LogP) is 2.92. The average Bonchev–Trinajstić information content (AvgIpc) is 3.27. The number of benzene rings is 1. The van der Waals surface area contributed by atoms with E-state index in [0.29, 0.717) is 13.1 Å². The van der Waals surface area contributed by atoms with Gasteiger partial charge in [0.2, 0.25) is 5.91 Å². The molecule has 0 bridgehead atoms. The molecule has 0 radical (unpaired) electrons. The summed E-state index contributed by atoms with van der Waals surface area (Å²) >= 11 is 0. The van der Waals surface area contributed by atoms with Gasteiger partial charge in [-0.25, -0.2) is 9.97 Å². The second-order valence-electron chi connectivity index (χ2n) is 8.29. The van der Waals surface area contributed by atoms with Gasteiger partial charge in [0.05, 0.1) is 11.9 Å². The van der Waals surface area contributed by atoms with Crippen molar-refractivity contribution in [3.63, 3.8) is 0 Å². The highest BCUT2D eigenvalue weighted by Crippen LogP contribution is 2.26. The lowest BCUT2D eigenvalue weighted by Gasteiger charge is -2.40. The molecule has 1 fully saturated rings. The molecule has 2 aromatic heterocycles. The molecule has 0 spiro atoms. The van der Waals surface area contributed by atoms with Crippen LogP contribution in [-0.2, 0) is 4.79 Å². The number of likely N-dealkylation sites (N-methyl/N-ethyl adjacent to an activating group) is 1. The van der Waals surface area contributed by atoms with Gasteiger partial charge in [0.1, 0.15) is 17.8 Å². The highest BCUT2D eigenvalue weighted by Gasteiger charge is 2.29. The Balaban J connectivity index is 0.00000193. The van der Waals surface area contributed by atoms with E-state index < -0.39 is 0 Å². The zero-order valence-corrected chi connectivity index (χ0v) is 18.3. The Morgan fingerprint density at radius 3 is 2.87 bits per heavy atom. The van der Waals surface area contributed by atoms with E-state index in [0.717, 1.165) is 55.0 Å². The van der Waals surface area contributed by atoms with E-state index in [4.69, 9.17) is 0 Å². The summed E-state index contributed by atoms with van der Waals surface area (Å²) in [4.78, 5) is 31.7. The lowest BCUT2D eigenvalue weighted by molar-refractivity contribution is -0.132. The van der Waals surface area contributed by atoms with E-state index in [2.05, 4.69) is 35.0 Å². The quantitative estimate of drug-likeness (QED) is 0.578. The summed E-state index contributed by atoms with van der Waals surface area (Å²) in [5.74, 6) is 1.07. The van der Waals surface area contributed by atoms with Crippen LogP contribution in [0.3, 0.4) is 0 Å². The molecule has 3 heterocycles. The number of para-hydroxylation sites is 1. The number of aromatic amines is 1. The number of hydrogen-bond donors (Lipinski definition) is 2. The fraction of sp³-hybridized carbons (Fsp3) is 0.435. The number of nitrogens with one attached hydrogen (secondary N) is 2. The van der Waals surface area contributed by atoms with Crippen LogP contribution in [0, 0.1) is 0 Å². The van der Waals surface area contributed by atoms with Gasteiger partial charge in [-0.05, 0) is 45.1 Å². The van der Waals surface area contributed by atoms with Crippen LogP contribution < -0.4 is 10.2 Å². The molecule has 1 saturated heterocycles. The Morgan fingerprint density at radius 1 is 1.23 bits per heavy atom. The summed E-state index contributed by atoms with van der Waals surface area (Å²) in [6, 6.07) is 12.1. The first-order valence-corrected chi connectivity index (χ1v) is 10.9. The largest absolute Gasteiger partial charge is 0.376 e. The van der Waals surface area contributed by atoms with Gasteiger partial charge in [-0.2, -0.15) is 0 Å². The van der Waals surface area contributed by atoms with Gasteiger partial charge >= 0.3 is 0 Å². The summed E-state index contributed by atoms with van der Waals surface area (Å²) in [5, 5.41) is 4.30. The summed E-state index contributed by atoms with van der Waals surface area (Å²) in [6.07, 6.45) is 5.53. The fourth-order valence-corrected chi connectivity index (χ4v) is 4.17. The van der Waals surface area contributed by atoms with Crippen LogP contribution in [-0.4, -0.2) is 83.5 Å². The first kappa shape index (κ1) is 21.1. The number of carbonyl (C=O) groups is 1. The molecule has 31 heavy (non-hydrogen) atoms. The second-order valence-corrected chi connectivity index (χ2v) is 8.29. The van der Waals surface area contributed by atoms with Gasteiger partial charge in [-0.1, -0.05) is 18.2 Å². The van der Waals surface area contributed by atoms with Gasteiger partial charge in [0.15, 0.2) is 0 Å². The normalized spacial score (nSPS) is 16.6. The average molecular weight is 426 g/mol. The SMILES string of the molecule is CN(C)CCN(C(=O)CNc1ccccc1)C1CCCN(c2ncnc3[nH]ccc23)C1.[HH].[HH]. The third kappa shape index (κ3) is 5.14. The van der Waals surface area contributed by atoms with Crippen molar-refractivity contribution < 1.29 is 7.65 Å². The highest BCUT2D eigenvalue weighted by atomic mass is 16.2. The minimum absolute atomic E-state index is 0. The zero-order valence-electron chi connectivity index (χ0n) is 18.3. The van der Waals surface area contributed by atoms with Crippen LogP contribution in [0.1, 0.15) is 15.7 Å². The number of aromatic nitrogens is 3. The molecule has 0 saturated carbocycles. The van der Waals surface area contributed by atoms with Crippen molar-refractivity contribution in [2.45, 2.75) is 18.9 Å². The summed E-state index contributed by atoms with van der Waals surface area (Å²) in [5.41, 5.74) is 1.81. The molecule has 1 aliphatic heterocycles. The third-order valence-electron chi connectivity index (χ3n) is 5.80. The molecule has 1 amide bonds. The van der Waals surface area contributed by atoms with Crippen molar-refractivity contribution in [3.8, 4) is 0 Å². The lowest BCUT2D eigenvalue weighted by atomic mass is 10.0. The van der Waals surface area contributed by atoms with E-state index in [9.17, 15) is 4.79 Å². The number of piperidine rings is 1. The van der Waals surface area contributed by atoms with Crippen LogP contribution in [0.15, 0.2) is 48.9 Å². The van der Waals surface area contributed by atoms with Gasteiger partial charge in [-0.15, -0.1) is 0 Å². The van der Waals surface area contributed by atoms with Gasteiger partial charge in [0.25, 0.3) is 0 Å². The second kappa shape index (κ2) is 9.78. The first-order valence-electron chi connectivity index (χ1n) is 10.9. The molecule has 1 aliphatic rings. The molecule has 4 rings (SSSR count). The number of amides is 1. The number of carbonyl (C=O) groups excluding carboxylic acids is 1. The van der Waals surface area contributed by atoms with Crippen LogP contribution in [0.2, 0.25) is 0 Å². The molecule has 8 heteroatoms. The molecule has 1 aromatic carbocycles. The molecular weight excluding hydrogens is 390 g/mol. The number of H-pyrrole nitrogens is 1. The van der Waals surface area contributed by atoms with Crippen molar-refractivity contribution in [1.29, 1.82) is 0 Å². The Kier molecular flexibility index (Phi) is 6.66. The van der Waals surface area contributed by atoms with Crippen molar-refractivity contribution in [3.05, 3.63) is 48.9 Å². The number of fused-ring (bicyclic) bond motifs is 1. The molecule has 1 atom stereocenters. The summed E-state index contributed by atoms with van der Waals surface area (Å²) in [7, 11) is 4.09. The zero-order chi connectivity index (χ0) is 21.6. The molecule has 8 nitrogen and oxygen atoms in total. The lowest BCUT2D eigenvalue weighted by Crippen LogP contribution is -2.53. The van der Waals surface area contributed by atoms with Crippen molar-refractivity contribution in [2.75, 3.05) is 57.0 Å². The molecular formula is C23H35N7O. The summed E-state index contributed by atoms with van der Waals surface area (Å²) < 4.78 is 0. The molecule has 3 aromatic rings. The van der Waals surface area contributed by atoms with Crippen LogP contribution in [0.5, 0.6) is 0 Å². The standard InChI is InChI=1S/C23H31N7O.2H2/c1-28(2)13-14-30(21(31)15-25-18-7-4-3-5-8-18)19-9-6-12-29(16-19)23-20-10-11-24-22(20)26-17-27-23;;/h3-5,7-8,10-11,17,19,25H,6,9,12-16H2,1-2H3,(H,24,26,27);2*1H. The monoisotopic (exact) mass is 425 g/mol. The maximum absolute atomic E-state index is 13.2. The van der Waals surface area contributed by atoms with E-state index in [1.54, 1.807) is 6.33 Å². The smallest absolute Gasteiger partial charge is 0.242 e. The van der Waals surface area contributed by atoms with Crippen molar-refractivity contribution in [1.82, 2.24) is 24.8 Å². The van der Waals surface area contributed by atoms with Gasteiger partial charge in [0, 0.05) is 47.0 Å². The maximum atomic E-state index is 13.2. The minimum atomic E-state index is 0. The van der Waals surface area contributed by atoms with Crippen molar-refractivity contribution >= 4 is 28.4 Å². The Morgan fingerprint density at radius 2 is 2.06 bits per heavy atom. The molecule has 1 unspecified atom stereocenters. The number of rotatable bonds is 8. The maximum Gasteiger partial charge on any atom is 0.242 e. The van der Waals surface area contributed by atoms with E-state index in [-0.39, 0.29) is 14.8 Å². The third-order valence-corrected chi connectivity index (χ3v) is 5.80. The molecule has 0 aliphatic carbocycles. The van der Waals surface area contributed by atoms with Crippen molar-refractivity contribution in [2.24, 2.45) is 0 Å². The Labute approximate surface area is 186 Å².